The van der Waals surface area contributed by atoms with Gasteiger partial charge in [-0.3, -0.25) is 4.28 Å². The highest BCUT2D eigenvalue weighted by Gasteiger charge is 2.16. The van der Waals surface area contributed by atoms with Crippen molar-refractivity contribution in [2.75, 3.05) is 0 Å². The van der Waals surface area contributed by atoms with Crippen LogP contribution in [0.3, 0.4) is 0 Å². The third kappa shape index (κ3) is 3.24. The average Bonchev–Trinajstić information content (AvgIpc) is 2.94. The summed E-state index contributed by atoms with van der Waals surface area (Å²) in [4.78, 5) is 0.00123. The molecule has 0 atom stereocenters. The van der Waals surface area contributed by atoms with Crippen LogP contribution in [0.2, 0.25) is 0 Å². The molecular formula is C12H10N2O3S2. The van der Waals surface area contributed by atoms with Gasteiger partial charge in [-0.15, -0.1) is 0 Å². The van der Waals surface area contributed by atoms with Gasteiger partial charge in [-0.2, -0.15) is 24.6 Å². The molecule has 0 radical (unpaired) electrons. The van der Waals surface area contributed by atoms with Gasteiger partial charge in [0, 0.05) is 0 Å². The van der Waals surface area contributed by atoms with Crippen LogP contribution >= 0.6 is 10.9 Å². The molecule has 1 aromatic carbocycles. The first-order chi connectivity index (χ1) is 9.13. The van der Waals surface area contributed by atoms with E-state index in [1.807, 2.05) is 6.07 Å². The van der Waals surface area contributed by atoms with Gasteiger partial charge in [0.05, 0.1) is 0 Å². The minimum atomic E-state index is -3.97. The largest absolute Gasteiger partial charge is 0.358 e. The van der Waals surface area contributed by atoms with Gasteiger partial charge in [-0.25, -0.2) is 0 Å². The molecule has 1 aromatic rings. The summed E-state index contributed by atoms with van der Waals surface area (Å²) < 4.78 is 28.2. The second-order valence-electron chi connectivity index (χ2n) is 3.46. The van der Waals surface area contributed by atoms with Crippen LogP contribution in [0.25, 0.3) is 0 Å². The van der Waals surface area contributed by atoms with Crippen molar-refractivity contribution in [3.8, 4) is 6.07 Å². The maximum Gasteiger partial charge on any atom is 0.358 e. The number of benzene rings is 1. The summed E-state index contributed by atoms with van der Waals surface area (Å²) in [6.45, 7) is 0. The van der Waals surface area contributed by atoms with Crippen LogP contribution in [0.5, 0.6) is 0 Å². The van der Waals surface area contributed by atoms with E-state index in [0.29, 0.717) is 0 Å². The van der Waals surface area contributed by atoms with Gasteiger partial charge in [0.2, 0.25) is 5.04 Å². The van der Waals surface area contributed by atoms with Gasteiger partial charge in [0.25, 0.3) is 0 Å². The number of rotatable bonds is 3. The van der Waals surface area contributed by atoms with E-state index in [1.165, 1.54) is 12.1 Å². The Hall–Kier alpha value is -2.04. The van der Waals surface area contributed by atoms with Gasteiger partial charge < -0.3 is 0 Å². The van der Waals surface area contributed by atoms with Gasteiger partial charge in [0.15, 0.2) is 0 Å². The van der Waals surface area contributed by atoms with E-state index in [9.17, 15) is 8.42 Å². The molecule has 0 amide bonds. The van der Waals surface area contributed by atoms with Gasteiger partial charge >= 0.3 is 10.1 Å². The highest BCUT2D eigenvalue weighted by atomic mass is 32.2. The van der Waals surface area contributed by atoms with E-state index in [0.717, 1.165) is 0 Å². The monoisotopic (exact) mass is 294 g/mol. The van der Waals surface area contributed by atoms with Crippen molar-refractivity contribution in [2.45, 2.75) is 4.90 Å². The number of hydrogen-bond donors (Lipinski definition) is 1. The molecule has 0 saturated heterocycles. The van der Waals surface area contributed by atoms with Crippen LogP contribution in [0.4, 0.5) is 0 Å². The molecule has 1 aliphatic rings. The van der Waals surface area contributed by atoms with Gasteiger partial charge in [-0.1, -0.05) is 30.4 Å². The Bertz CT molecular complexity index is 673. The van der Waals surface area contributed by atoms with Gasteiger partial charge in [-0.05, 0) is 28.1 Å². The molecule has 1 aliphatic heterocycles. The topological polar surface area (TPSA) is 79.5 Å². The molecule has 0 saturated carbocycles. The first-order valence-corrected chi connectivity index (χ1v) is 8.12. The second-order valence-corrected chi connectivity index (χ2v) is 6.82. The van der Waals surface area contributed by atoms with E-state index >= 15 is 0 Å². The molecule has 0 spiro atoms. The standard InChI is InChI=1S/C12H10N2O3S2/c13-10-12(18-8-4-5-9-18)14-17-19(15,16)11-6-2-1-3-7-11/h1-9,18H. The fourth-order valence-electron chi connectivity index (χ4n) is 1.32. The summed E-state index contributed by atoms with van der Waals surface area (Å²) in [7, 11) is -4.96. The molecule has 0 aromatic heterocycles. The molecule has 2 rings (SSSR count). The third-order valence-electron chi connectivity index (χ3n) is 2.20. The number of oxime groups is 1. The van der Waals surface area contributed by atoms with Crippen LogP contribution in [0, 0.1) is 11.3 Å². The molecule has 0 bridgehead atoms. The predicted octanol–water partition coefficient (Wildman–Crippen LogP) is 2.27. The zero-order chi connectivity index (χ0) is 13.7. The predicted molar refractivity (Wildman–Crippen MR) is 75.0 cm³/mol. The minimum Gasteiger partial charge on any atom is -0.263 e. The Morgan fingerprint density at radius 3 is 2.42 bits per heavy atom. The summed E-state index contributed by atoms with van der Waals surface area (Å²) in [5.41, 5.74) is 0. The van der Waals surface area contributed by atoms with Crippen molar-refractivity contribution in [1.29, 1.82) is 5.26 Å². The number of nitrogens with zero attached hydrogens (tertiary/aromatic N) is 2. The summed E-state index contributed by atoms with van der Waals surface area (Å²) in [5, 5.41) is 16.0. The van der Waals surface area contributed by atoms with Gasteiger partial charge in [0.1, 0.15) is 11.0 Å². The Morgan fingerprint density at radius 2 is 1.84 bits per heavy atom. The van der Waals surface area contributed by atoms with Crippen molar-refractivity contribution < 1.29 is 12.7 Å². The van der Waals surface area contributed by atoms with Crippen molar-refractivity contribution in [3.63, 3.8) is 0 Å². The zero-order valence-corrected chi connectivity index (χ0v) is 11.4. The Labute approximate surface area is 114 Å². The first-order valence-electron chi connectivity index (χ1n) is 5.23. The van der Waals surface area contributed by atoms with Crippen molar-refractivity contribution in [3.05, 3.63) is 53.3 Å². The SMILES string of the molecule is N#CC(=NOS(=O)(=O)c1ccccc1)[SH]1C=CC=C1. The molecule has 0 aliphatic carbocycles. The quantitative estimate of drug-likeness (QED) is 0.401. The molecule has 5 nitrogen and oxygen atoms in total. The Morgan fingerprint density at radius 1 is 1.21 bits per heavy atom. The number of allylic oxidation sites excluding steroid dienone is 2. The van der Waals surface area contributed by atoms with E-state index in [1.54, 1.807) is 41.2 Å². The fraction of sp³-hybridized carbons (Fsp3) is 0. The Kier molecular flexibility index (Phi) is 4.04. The van der Waals surface area contributed by atoms with E-state index < -0.39 is 21.0 Å². The molecule has 0 unspecified atom stereocenters. The van der Waals surface area contributed by atoms with Crippen LogP contribution in [-0.4, -0.2) is 13.5 Å². The van der Waals surface area contributed by atoms with Crippen LogP contribution in [0.1, 0.15) is 0 Å². The maximum atomic E-state index is 11.8. The second kappa shape index (κ2) is 5.73. The van der Waals surface area contributed by atoms with Crippen LogP contribution < -0.4 is 0 Å². The summed E-state index contributed by atoms with van der Waals surface area (Å²) in [5.74, 6) is 0. The third-order valence-corrected chi connectivity index (χ3v) is 4.98. The molecule has 98 valence electrons. The fourth-order valence-corrected chi connectivity index (χ4v) is 3.32. The van der Waals surface area contributed by atoms with Crippen LogP contribution in [-0.2, 0) is 14.4 Å². The lowest BCUT2D eigenvalue weighted by molar-refractivity contribution is 0.340. The maximum absolute atomic E-state index is 11.8. The highest BCUT2D eigenvalue weighted by Crippen LogP contribution is 2.34. The van der Waals surface area contributed by atoms with Crippen molar-refractivity contribution in [2.24, 2.45) is 5.16 Å². The Balaban J connectivity index is 2.19. The molecule has 0 fully saturated rings. The molecule has 19 heavy (non-hydrogen) atoms. The average molecular weight is 294 g/mol. The lowest BCUT2D eigenvalue weighted by Gasteiger charge is -2.06. The van der Waals surface area contributed by atoms with E-state index in [2.05, 4.69) is 9.44 Å². The lowest BCUT2D eigenvalue weighted by Crippen LogP contribution is -2.04. The van der Waals surface area contributed by atoms with E-state index in [-0.39, 0.29) is 9.94 Å². The summed E-state index contributed by atoms with van der Waals surface area (Å²) in [6, 6.07) is 9.51. The minimum absolute atomic E-state index is 0.00123. The lowest BCUT2D eigenvalue weighted by atomic mass is 10.4. The smallest absolute Gasteiger partial charge is 0.263 e. The first kappa shape index (κ1) is 13.4. The van der Waals surface area contributed by atoms with Crippen LogP contribution in [0.15, 0.2) is 63.4 Å². The summed E-state index contributed by atoms with van der Waals surface area (Å²) in [6.07, 6.45) is 3.56. The molecule has 1 heterocycles. The number of nitriles is 1. The molecular weight excluding hydrogens is 284 g/mol. The van der Waals surface area contributed by atoms with Crippen molar-refractivity contribution >= 4 is 26.1 Å². The van der Waals surface area contributed by atoms with E-state index in [4.69, 9.17) is 5.26 Å². The summed E-state index contributed by atoms with van der Waals surface area (Å²) >= 11 is 0. The zero-order valence-electron chi connectivity index (χ0n) is 9.67. The molecule has 7 heteroatoms. The van der Waals surface area contributed by atoms with Crippen molar-refractivity contribution in [1.82, 2.24) is 0 Å². The number of hydrogen-bond acceptors (Lipinski definition) is 5. The number of thiol groups is 1. The molecule has 0 N–H and O–H groups in total. The normalized spacial score (nSPS) is 16.4. The highest BCUT2D eigenvalue weighted by molar-refractivity contribution is 8.35.